The Hall–Kier alpha value is -4.15. The number of aryl methyl sites for hydroxylation is 2. The van der Waals surface area contributed by atoms with E-state index in [-0.39, 0.29) is 42.7 Å². The number of anilines is 1. The first kappa shape index (κ1) is 30.1. The smallest absolute Gasteiger partial charge is 0.339 e. The van der Waals surface area contributed by atoms with E-state index < -0.39 is 35.9 Å². The monoisotopic (exact) mass is 524 g/mol. The van der Waals surface area contributed by atoms with Crippen LogP contribution >= 0.6 is 0 Å². The number of rotatable bonds is 13. The molecule has 0 fully saturated rings. The normalized spacial score (nSPS) is 11.6. The lowest BCUT2D eigenvalue weighted by atomic mass is 10.0. The molecule has 0 radical (unpaired) electrons. The predicted molar refractivity (Wildman–Crippen MR) is 146 cm³/mol. The van der Waals surface area contributed by atoms with E-state index in [2.05, 4.69) is 15.6 Å². The van der Waals surface area contributed by atoms with Crippen molar-refractivity contribution in [2.75, 3.05) is 25.0 Å². The first-order valence-electron chi connectivity index (χ1n) is 12.4. The minimum absolute atomic E-state index is 0.00860. The van der Waals surface area contributed by atoms with Crippen LogP contribution in [-0.2, 0) is 14.3 Å². The number of hydrogen-bond donors (Lipinski definition) is 4. The van der Waals surface area contributed by atoms with E-state index in [1.54, 1.807) is 32.9 Å². The second kappa shape index (κ2) is 13.4. The van der Waals surface area contributed by atoms with Gasteiger partial charge in [0.05, 0.1) is 35.8 Å². The Morgan fingerprint density at radius 2 is 1.74 bits per heavy atom. The van der Waals surface area contributed by atoms with Gasteiger partial charge in [0.25, 0.3) is 5.56 Å². The van der Waals surface area contributed by atoms with Gasteiger partial charge in [-0.15, -0.1) is 0 Å². The third kappa shape index (κ3) is 7.67. The average molecular weight is 525 g/mol. The minimum atomic E-state index is -0.919. The highest BCUT2D eigenvalue weighted by atomic mass is 16.5. The molecule has 1 atom stereocenters. The van der Waals surface area contributed by atoms with Crippen molar-refractivity contribution in [1.29, 1.82) is 10.8 Å². The van der Waals surface area contributed by atoms with Gasteiger partial charge in [-0.25, -0.2) is 9.78 Å². The van der Waals surface area contributed by atoms with Crippen molar-refractivity contribution >= 4 is 34.9 Å². The zero-order chi connectivity index (χ0) is 28.6. The van der Waals surface area contributed by atoms with Gasteiger partial charge in [-0.1, -0.05) is 39.0 Å². The van der Waals surface area contributed by atoms with Gasteiger partial charge in [-0.05, 0) is 44.2 Å². The van der Waals surface area contributed by atoms with Crippen LogP contribution in [0, 0.1) is 24.7 Å². The van der Waals surface area contributed by atoms with Crippen LogP contribution in [0.3, 0.4) is 0 Å². The molecule has 1 aromatic carbocycles. The molecule has 1 aromatic heterocycles. The minimum Gasteiger partial charge on any atom is -0.454 e. The Kier molecular flexibility index (Phi) is 10.6. The molecule has 0 bridgehead atoms. The van der Waals surface area contributed by atoms with E-state index in [0.29, 0.717) is 11.3 Å². The summed E-state index contributed by atoms with van der Waals surface area (Å²) in [6.45, 7) is 9.64. The number of carbonyl (C=O) groups excluding carboxylic acids is 3. The molecule has 1 unspecified atom stereocenters. The third-order valence-corrected chi connectivity index (χ3v) is 5.96. The molecular weight excluding hydrogens is 488 g/mol. The van der Waals surface area contributed by atoms with E-state index in [1.165, 1.54) is 17.7 Å². The fourth-order valence-corrected chi connectivity index (χ4v) is 3.68. The molecule has 1 amide bonds. The van der Waals surface area contributed by atoms with Gasteiger partial charge >= 0.3 is 5.97 Å². The van der Waals surface area contributed by atoms with Crippen LogP contribution in [0.5, 0.6) is 0 Å². The molecule has 204 valence electrons. The lowest BCUT2D eigenvalue weighted by Gasteiger charge is -2.20. The summed E-state index contributed by atoms with van der Waals surface area (Å²) < 4.78 is 6.42. The lowest BCUT2D eigenvalue weighted by molar-refractivity contribution is -0.128. The van der Waals surface area contributed by atoms with E-state index in [0.717, 1.165) is 11.1 Å². The van der Waals surface area contributed by atoms with Crippen molar-refractivity contribution < 1.29 is 19.1 Å². The molecule has 2 rings (SSSR count). The summed E-state index contributed by atoms with van der Waals surface area (Å²) in [5, 5.41) is 20.7. The van der Waals surface area contributed by atoms with Crippen LogP contribution in [0.4, 0.5) is 5.82 Å². The Bertz CT molecular complexity index is 1280. The summed E-state index contributed by atoms with van der Waals surface area (Å²) in [4.78, 5) is 55.3. The van der Waals surface area contributed by atoms with Crippen molar-refractivity contribution in [3.05, 3.63) is 57.1 Å². The standard InChI is InChI=1S/C27H36N6O5/c1-7-22(33-13-21(15(2)3)32-24(26(33)36)30-12-20(29)18(6)28)25(35)31-11-19(34)14-38-27(37)23-16(4)9-8-10-17(23)5/h8-10,13,15,22,28-29H,7,11-12,14H2,1-6H3,(H,30,32)(H,31,35). The van der Waals surface area contributed by atoms with Gasteiger partial charge in [0.15, 0.2) is 18.2 Å². The number of ether oxygens (including phenoxy) is 1. The highest BCUT2D eigenvalue weighted by molar-refractivity contribution is 6.40. The molecule has 4 N–H and O–H groups in total. The predicted octanol–water partition coefficient (Wildman–Crippen LogP) is 2.95. The van der Waals surface area contributed by atoms with Crippen LogP contribution in [0.15, 0.2) is 29.2 Å². The van der Waals surface area contributed by atoms with Gasteiger partial charge in [-0.2, -0.15) is 0 Å². The number of nitrogens with one attached hydrogen (secondary N) is 4. The fraction of sp³-hybridized carbons (Fsp3) is 0.444. The highest BCUT2D eigenvalue weighted by Crippen LogP contribution is 2.17. The van der Waals surface area contributed by atoms with Crippen molar-refractivity contribution in [2.24, 2.45) is 0 Å². The van der Waals surface area contributed by atoms with Crippen molar-refractivity contribution in [3.63, 3.8) is 0 Å². The molecular formula is C27H36N6O5. The number of esters is 1. The van der Waals surface area contributed by atoms with Gasteiger partial charge in [0.2, 0.25) is 5.91 Å². The maximum atomic E-state index is 13.1. The summed E-state index contributed by atoms with van der Waals surface area (Å²) in [5.74, 6) is -1.73. The van der Waals surface area contributed by atoms with E-state index >= 15 is 0 Å². The molecule has 0 spiro atoms. The molecule has 0 aliphatic heterocycles. The maximum absolute atomic E-state index is 13.1. The molecule has 2 aromatic rings. The summed E-state index contributed by atoms with van der Waals surface area (Å²) in [5.41, 5.74) is 1.96. The summed E-state index contributed by atoms with van der Waals surface area (Å²) >= 11 is 0. The fourth-order valence-electron chi connectivity index (χ4n) is 3.68. The molecule has 0 aliphatic rings. The van der Waals surface area contributed by atoms with Crippen molar-refractivity contribution in [2.45, 2.75) is 59.9 Å². The average Bonchev–Trinajstić information content (AvgIpc) is 2.86. The number of ketones is 1. The Morgan fingerprint density at radius 3 is 2.29 bits per heavy atom. The van der Waals surface area contributed by atoms with Crippen molar-refractivity contribution in [3.8, 4) is 0 Å². The van der Waals surface area contributed by atoms with E-state index in [4.69, 9.17) is 15.6 Å². The molecule has 1 heterocycles. The van der Waals surface area contributed by atoms with Gasteiger partial charge in [0, 0.05) is 6.20 Å². The topological polar surface area (TPSA) is 167 Å². The number of hydrogen-bond acceptors (Lipinski definition) is 9. The van der Waals surface area contributed by atoms with Gasteiger partial charge in [0.1, 0.15) is 6.04 Å². The molecule has 0 aliphatic carbocycles. The number of carbonyl (C=O) groups is 3. The first-order chi connectivity index (χ1) is 17.9. The first-order valence-corrected chi connectivity index (χ1v) is 12.4. The molecule has 11 nitrogen and oxygen atoms in total. The zero-order valence-electron chi connectivity index (χ0n) is 22.7. The van der Waals surface area contributed by atoms with Crippen LogP contribution in [-0.4, -0.2) is 58.3 Å². The van der Waals surface area contributed by atoms with Crippen molar-refractivity contribution in [1.82, 2.24) is 14.9 Å². The summed E-state index contributed by atoms with van der Waals surface area (Å²) in [6, 6.07) is 4.47. The van der Waals surface area contributed by atoms with Crippen LogP contribution < -0.4 is 16.2 Å². The number of aromatic nitrogens is 2. The quantitative estimate of drug-likeness (QED) is 0.231. The molecule has 11 heteroatoms. The maximum Gasteiger partial charge on any atom is 0.339 e. The SMILES string of the molecule is CCC(C(=O)NCC(=O)COC(=O)c1c(C)cccc1C)n1cc(C(C)C)nc(NCC(=N)C(C)=N)c1=O. The number of Topliss-reactive ketones (excluding diaryl/α,β-unsaturated/α-hetero) is 1. The molecule has 38 heavy (non-hydrogen) atoms. The highest BCUT2D eigenvalue weighted by Gasteiger charge is 2.24. The van der Waals surface area contributed by atoms with E-state index in [9.17, 15) is 19.2 Å². The Labute approximate surface area is 222 Å². The largest absolute Gasteiger partial charge is 0.454 e. The summed E-state index contributed by atoms with van der Waals surface area (Å²) in [6.07, 6.45) is 1.78. The lowest BCUT2D eigenvalue weighted by Crippen LogP contribution is -2.41. The Balaban J connectivity index is 2.12. The van der Waals surface area contributed by atoms with Gasteiger partial charge < -0.3 is 26.2 Å². The van der Waals surface area contributed by atoms with Crippen LogP contribution in [0.2, 0.25) is 0 Å². The molecule has 0 saturated heterocycles. The second-order valence-corrected chi connectivity index (χ2v) is 9.36. The number of nitrogens with zero attached hydrogens (tertiary/aromatic N) is 2. The van der Waals surface area contributed by atoms with Gasteiger partial charge in [-0.3, -0.25) is 19.0 Å². The van der Waals surface area contributed by atoms with Crippen LogP contribution in [0.1, 0.15) is 73.3 Å². The number of benzene rings is 1. The third-order valence-electron chi connectivity index (χ3n) is 5.96. The van der Waals surface area contributed by atoms with E-state index in [1.807, 2.05) is 19.9 Å². The molecule has 0 saturated carbocycles. The summed E-state index contributed by atoms with van der Waals surface area (Å²) in [7, 11) is 0. The number of amides is 1. The Morgan fingerprint density at radius 1 is 1.11 bits per heavy atom. The zero-order valence-corrected chi connectivity index (χ0v) is 22.7. The second-order valence-electron chi connectivity index (χ2n) is 9.36. The van der Waals surface area contributed by atoms with Crippen LogP contribution in [0.25, 0.3) is 0 Å².